The Morgan fingerprint density at radius 1 is 1.27 bits per heavy atom. The number of hydrogen-bond donors (Lipinski definition) is 0. The Balaban J connectivity index is 3.11. The second-order valence-electron chi connectivity index (χ2n) is 3.27. The number of nitriles is 1. The number of hydrogen-bond acceptors (Lipinski definition) is 2. The Bertz CT molecular complexity index is 435. The predicted molar refractivity (Wildman–Crippen MR) is 59.6 cm³/mol. The third-order valence-electron chi connectivity index (χ3n) is 2.12. The normalized spacial score (nSPS) is 8.67. The third-order valence-corrected chi connectivity index (χ3v) is 2.12. The van der Waals surface area contributed by atoms with E-state index >= 15 is 0 Å². The molecule has 0 saturated carbocycles. The smallest absolute Gasteiger partial charge is 0.119 e. The van der Waals surface area contributed by atoms with Gasteiger partial charge in [0.15, 0.2) is 0 Å². The van der Waals surface area contributed by atoms with Crippen LogP contribution in [0.3, 0.4) is 0 Å². The standard InChI is InChI=1S/C13H13NO/c1-10-8-12(15-3)9-11(2)13(10)6-4-5-7-14/h8-9H,5H2,1-3H3. The van der Waals surface area contributed by atoms with Gasteiger partial charge in [-0.1, -0.05) is 11.8 Å². The van der Waals surface area contributed by atoms with E-state index in [-0.39, 0.29) is 6.42 Å². The average molecular weight is 199 g/mol. The molecule has 0 aromatic heterocycles. The summed E-state index contributed by atoms with van der Waals surface area (Å²) >= 11 is 0. The molecule has 0 aliphatic rings. The molecule has 0 atom stereocenters. The van der Waals surface area contributed by atoms with Gasteiger partial charge in [0, 0.05) is 5.56 Å². The molecule has 0 N–H and O–H groups in total. The first-order chi connectivity index (χ1) is 7.19. The Kier molecular flexibility index (Phi) is 3.77. The number of ether oxygens (including phenoxy) is 1. The number of benzene rings is 1. The zero-order valence-electron chi connectivity index (χ0n) is 9.22. The molecule has 0 bridgehead atoms. The van der Waals surface area contributed by atoms with Crippen LogP contribution in [0.1, 0.15) is 23.1 Å². The molecular formula is C13H13NO. The molecule has 0 radical (unpaired) electrons. The highest BCUT2D eigenvalue weighted by atomic mass is 16.5. The Morgan fingerprint density at radius 2 is 1.87 bits per heavy atom. The van der Waals surface area contributed by atoms with E-state index in [1.807, 2.05) is 32.0 Å². The van der Waals surface area contributed by atoms with Crippen molar-refractivity contribution in [2.75, 3.05) is 7.11 Å². The highest BCUT2D eigenvalue weighted by molar-refractivity contribution is 5.50. The fraction of sp³-hybridized carbons (Fsp3) is 0.308. The Labute approximate surface area is 90.5 Å². The fourth-order valence-electron chi connectivity index (χ4n) is 1.41. The summed E-state index contributed by atoms with van der Waals surface area (Å²) in [5, 5.41) is 8.39. The van der Waals surface area contributed by atoms with E-state index in [1.165, 1.54) is 0 Å². The molecule has 1 aromatic carbocycles. The molecule has 76 valence electrons. The van der Waals surface area contributed by atoms with E-state index in [2.05, 4.69) is 11.8 Å². The van der Waals surface area contributed by atoms with E-state index in [1.54, 1.807) is 7.11 Å². The van der Waals surface area contributed by atoms with Gasteiger partial charge in [0.25, 0.3) is 0 Å². The van der Waals surface area contributed by atoms with Crippen molar-refractivity contribution in [3.8, 4) is 23.7 Å². The van der Waals surface area contributed by atoms with Crippen LogP contribution in [0, 0.1) is 37.0 Å². The van der Waals surface area contributed by atoms with Gasteiger partial charge in [-0.05, 0) is 37.1 Å². The van der Waals surface area contributed by atoms with Crippen LogP contribution in [0.15, 0.2) is 12.1 Å². The van der Waals surface area contributed by atoms with Crippen molar-refractivity contribution < 1.29 is 4.74 Å². The van der Waals surface area contributed by atoms with Crippen LogP contribution in [0.2, 0.25) is 0 Å². The van der Waals surface area contributed by atoms with Gasteiger partial charge in [0.2, 0.25) is 0 Å². The number of aryl methyl sites for hydroxylation is 2. The summed E-state index contributed by atoms with van der Waals surface area (Å²) in [4.78, 5) is 0. The van der Waals surface area contributed by atoms with Gasteiger partial charge < -0.3 is 4.74 Å². The van der Waals surface area contributed by atoms with E-state index in [0.717, 1.165) is 22.4 Å². The van der Waals surface area contributed by atoms with Crippen LogP contribution < -0.4 is 4.74 Å². The van der Waals surface area contributed by atoms with Crippen molar-refractivity contribution >= 4 is 0 Å². The van der Waals surface area contributed by atoms with Crippen LogP contribution in [0.5, 0.6) is 5.75 Å². The first-order valence-corrected chi connectivity index (χ1v) is 4.70. The van der Waals surface area contributed by atoms with Crippen LogP contribution in [-0.4, -0.2) is 7.11 Å². The minimum absolute atomic E-state index is 0.269. The molecule has 0 spiro atoms. The lowest BCUT2D eigenvalue weighted by atomic mass is 10.0. The van der Waals surface area contributed by atoms with Crippen molar-refractivity contribution in [2.24, 2.45) is 0 Å². The molecule has 0 fully saturated rings. The molecule has 0 saturated heterocycles. The summed E-state index contributed by atoms with van der Waals surface area (Å²) in [7, 11) is 1.65. The fourth-order valence-corrected chi connectivity index (χ4v) is 1.41. The Hall–Kier alpha value is -1.93. The quantitative estimate of drug-likeness (QED) is 0.651. The molecule has 0 aliphatic heterocycles. The summed E-state index contributed by atoms with van der Waals surface area (Å²) in [6.07, 6.45) is 0.269. The lowest BCUT2D eigenvalue weighted by molar-refractivity contribution is 0.414. The molecule has 1 aromatic rings. The second kappa shape index (κ2) is 5.08. The minimum atomic E-state index is 0.269. The highest BCUT2D eigenvalue weighted by Gasteiger charge is 2.02. The van der Waals surface area contributed by atoms with Crippen molar-refractivity contribution in [2.45, 2.75) is 20.3 Å². The molecule has 0 heterocycles. The van der Waals surface area contributed by atoms with E-state index in [4.69, 9.17) is 10.00 Å². The van der Waals surface area contributed by atoms with Crippen molar-refractivity contribution in [1.82, 2.24) is 0 Å². The maximum absolute atomic E-state index is 8.39. The first-order valence-electron chi connectivity index (χ1n) is 4.70. The molecule has 0 unspecified atom stereocenters. The molecule has 15 heavy (non-hydrogen) atoms. The predicted octanol–water partition coefficient (Wildman–Crippen LogP) is 2.58. The van der Waals surface area contributed by atoms with E-state index < -0.39 is 0 Å². The molecule has 2 nitrogen and oxygen atoms in total. The van der Waals surface area contributed by atoms with Crippen LogP contribution in [0.25, 0.3) is 0 Å². The van der Waals surface area contributed by atoms with Gasteiger partial charge in [0.1, 0.15) is 5.75 Å². The summed E-state index contributed by atoms with van der Waals surface area (Å²) in [6, 6.07) is 5.90. The first kappa shape index (κ1) is 11.1. The zero-order valence-corrected chi connectivity index (χ0v) is 9.22. The van der Waals surface area contributed by atoms with Crippen LogP contribution in [-0.2, 0) is 0 Å². The van der Waals surface area contributed by atoms with Crippen molar-refractivity contribution in [1.29, 1.82) is 5.26 Å². The van der Waals surface area contributed by atoms with Gasteiger partial charge in [-0.3, -0.25) is 0 Å². The van der Waals surface area contributed by atoms with Gasteiger partial charge in [-0.25, -0.2) is 0 Å². The Morgan fingerprint density at radius 3 is 2.33 bits per heavy atom. The van der Waals surface area contributed by atoms with Gasteiger partial charge in [-0.15, -0.1) is 0 Å². The van der Waals surface area contributed by atoms with Crippen molar-refractivity contribution in [3.05, 3.63) is 28.8 Å². The summed E-state index contributed by atoms with van der Waals surface area (Å²) in [5.74, 6) is 6.67. The van der Waals surface area contributed by atoms with Crippen LogP contribution in [0.4, 0.5) is 0 Å². The van der Waals surface area contributed by atoms with E-state index in [9.17, 15) is 0 Å². The third kappa shape index (κ3) is 2.76. The summed E-state index contributed by atoms with van der Waals surface area (Å²) < 4.78 is 5.16. The maximum Gasteiger partial charge on any atom is 0.119 e. The molecule has 0 aliphatic carbocycles. The monoisotopic (exact) mass is 199 g/mol. The summed E-state index contributed by atoms with van der Waals surface area (Å²) in [6.45, 7) is 3.98. The lowest BCUT2D eigenvalue weighted by Crippen LogP contribution is -1.91. The van der Waals surface area contributed by atoms with Gasteiger partial charge in [-0.2, -0.15) is 5.26 Å². The van der Waals surface area contributed by atoms with E-state index in [0.29, 0.717) is 0 Å². The van der Waals surface area contributed by atoms with Crippen LogP contribution >= 0.6 is 0 Å². The average Bonchev–Trinajstić information content (AvgIpc) is 2.22. The second-order valence-corrected chi connectivity index (χ2v) is 3.27. The molecule has 2 heteroatoms. The highest BCUT2D eigenvalue weighted by Crippen LogP contribution is 2.20. The summed E-state index contributed by atoms with van der Waals surface area (Å²) in [5.41, 5.74) is 3.15. The van der Waals surface area contributed by atoms with Gasteiger partial charge in [0.05, 0.1) is 19.6 Å². The molecule has 1 rings (SSSR count). The topological polar surface area (TPSA) is 33.0 Å². The number of rotatable bonds is 1. The maximum atomic E-state index is 8.39. The lowest BCUT2D eigenvalue weighted by Gasteiger charge is -2.06. The molecule has 0 amide bonds. The zero-order chi connectivity index (χ0) is 11.3. The molecular weight excluding hydrogens is 186 g/mol. The number of nitrogens with zero attached hydrogens (tertiary/aromatic N) is 1. The van der Waals surface area contributed by atoms with Gasteiger partial charge >= 0.3 is 0 Å². The number of methoxy groups -OCH3 is 1. The minimum Gasteiger partial charge on any atom is -0.497 e. The SMILES string of the molecule is COc1cc(C)c(C#CCC#N)c(C)c1. The largest absolute Gasteiger partial charge is 0.497 e. The van der Waals surface area contributed by atoms with Crippen molar-refractivity contribution in [3.63, 3.8) is 0 Å².